The molecule has 3 N–H and O–H groups in total. The number of nitrogens with two attached hydrogens (primary N) is 1. The van der Waals surface area contributed by atoms with Gasteiger partial charge in [-0.3, -0.25) is 4.79 Å². The highest BCUT2D eigenvalue weighted by Gasteiger charge is 2.16. The van der Waals surface area contributed by atoms with Crippen LogP contribution in [-0.2, 0) is 17.6 Å². The molecule has 0 fully saturated rings. The van der Waals surface area contributed by atoms with Gasteiger partial charge in [0.25, 0.3) is 0 Å². The van der Waals surface area contributed by atoms with Crippen LogP contribution in [0.2, 0.25) is 0 Å². The summed E-state index contributed by atoms with van der Waals surface area (Å²) in [6.07, 6.45) is 5.82. The number of hydrogen-bond acceptors (Lipinski definition) is 4. The SMILES string of the molecule is CC(N)CCC(=O)Nc1nc2c(s1)CCCC2.Cl. The zero-order valence-corrected chi connectivity index (χ0v) is 12.2. The summed E-state index contributed by atoms with van der Waals surface area (Å²) in [5.41, 5.74) is 6.80. The van der Waals surface area contributed by atoms with Crippen LogP contribution in [-0.4, -0.2) is 16.9 Å². The number of nitrogens with zero attached hydrogens (tertiary/aromatic N) is 1. The van der Waals surface area contributed by atoms with Crippen molar-refractivity contribution in [3.63, 3.8) is 0 Å². The Morgan fingerprint density at radius 2 is 2.22 bits per heavy atom. The van der Waals surface area contributed by atoms with Crippen molar-refractivity contribution in [3.05, 3.63) is 10.6 Å². The normalized spacial score (nSPS) is 15.4. The van der Waals surface area contributed by atoms with Crippen LogP contribution >= 0.6 is 23.7 Å². The Bertz CT molecular complexity index is 383. The number of thiazole rings is 1. The fourth-order valence-corrected chi connectivity index (χ4v) is 3.01. The molecule has 18 heavy (non-hydrogen) atoms. The van der Waals surface area contributed by atoms with E-state index in [0.29, 0.717) is 6.42 Å². The molecular formula is C12H20ClN3OS. The van der Waals surface area contributed by atoms with Crippen LogP contribution in [0.3, 0.4) is 0 Å². The van der Waals surface area contributed by atoms with Crippen molar-refractivity contribution in [1.29, 1.82) is 0 Å². The van der Waals surface area contributed by atoms with Crippen molar-refractivity contribution >= 4 is 34.8 Å². The lowest BCUT2D eigenvalue weighted by molar-refractivity contribution is -0.116. The lowest BCUT2D eigenvalue weighted by Gasteiger charge is -2.06. The molecule has 6 heteroatoms. The number of rotatable bonds is 4. The lowest BCUT2D eigenvalue weighted by Crippen LogP contribution is -2.19. The largest absolute Gasteiger partial charge is 0.328 e. The van der Waals surface area contributed by atoms with Gasteiger partial charge in [0, 0.05) is 17.3 Å². The molecule has 0 radical (unpaired) electrons. The van der Waals surface area contributed by atoms with Gasteiger partial charge in [-0.05, 0) is 39.0 Å². The van der Waals surface area contributed by atoms with Gasteiger partial charge >= 0.3 is 0 Å². The Labute approximate surface area is 118 Å². The monoisotopic (exact) mass is 289 g/mol. The molecule has 1 heterocycles. The van der Waals surface area contributed by atoms with Crippen LogP contribution < -0.4 is 11.1 Å². The number of carbonyl (C=O) groups is 1. The average molecular weight is 290 g/mol. The van der Waals surface area contributed by atoms with E-state index in [4.69, 9.17) is 5.73 Å². The van der Waals surface area contributed by atoms with E-state index < -0.39 is 0 Å². The van der Waals surface area contributed by atoms with Crippen LogP contribution in [0, 0.1) is 0 Å². The second-order valence-corrected chi connectivity index (χ2v) is 5.74. The molecule has 1 amide bonds. The van der Waals surface area contributed by atoms with E-state index in [1.807, 2.05) is 6.92 Å². The Balaban J connectivity index is 0.00000162. The number of nitrogens with one attached hydrogen (secondary N) is 1. The van der Waals surface area contributed by atoms with E-state index in [9.17, 15) is 4.79 Å². The van der Waals surface area contributed by atoms with Crippen LogP contribution in [0.1, 0.15) is 43.2 Å². The number of amides is 1. The van der Waals surface area contributed by atoms with E-state index in [0.717, 1.165) is 24.4 Å². The Hall–Kier alpha value is -0.650. The second kappa shape index (κ2) is 7.07. The second-order valence-electron chi connectivity index (χ2n) is 4.66. The van der Waals surface area contributed by atoms with Crippen molar-refractivity contribution < 1.29 is 4.79 Å². The van der Waals surface area contributed by atoms with Crippen molar-refractivity contribution in [3.8, 4) is 0 Å². The predicted octanol–water partition coefficient (Wildman–Crippen LogP) is 2.51. The maximum atomic E-state index is 11.6. The van der Waals surface area contributed by atoms with Gasteiger partial charge in [0.2, 0.25) is 5.91 Å². The Morgan fingerprint density at radius 1 is 1.50 bits per heavy atom. The van der Waals surface area contributed by atoms with Crippen molar-refractivity contribution in [2.24, 2.45) is 5.73 Å². The maximum Gasteiger partial charge on any atom is 0.226 e. The first kappa shape index (κ1) is 15.4. The summed E-state index contributed by atoms with van der Waals surface area (Å²) in [7, 11) is 0. The maximum absolute atomic E-state index is 11.6. The summed E-state index contributed by atoms with van der Waals surface area (Å²) in [6.45, 7) is 1.91. The molecule has 1 aliphatic carbocycles. The molecule has 1 atom stereocenters. The first-order valence-corrected chi connectivity index (χ1v) is 7.01. The van der Waals surface area contributed by atoms with E-state index in [1.165, 1.54) is 23.4 Å². The molecule has 102 valence electrons. The van der Waals surface area contributed by atoms with Crippen molar-refractivity contribution in [2.75, 3.05) is 5.32 Å². The van der Waals surface area contributed by atoms with Crippen LogP contribution in [0.15, 0.2) is 0 Å². The molecule has 0 saturated heterocycles. The van der Waals surface area contributed by atoms with Gasteiger partial charge in [-0.15, -0.1) is 23.7 Å². The van der Waals surface area contributed by atoms with Gasteiger partial charge in [0.05, 0.1) is 5.69 Å². The minimum absolute atomic E-state index is 0. The molecule has 0 aliphatic heterocycles. The van der Waals surface area contributed by atoms with E-state index in [-0.39, 0.29) is 24.4 Å². The summed E-state index contributed by atoms with van der Waals surface area (Å²) < 4.78 is 0. The van der Waals surface area contributed by atoms with Gasteiger partial charge in [0.15, 0.2) is 5.13 Å². The molecule has 0 spiro atoms. The van der Waals surface area contributed by atoms with E-state index in [2.05, 4.69) is 10.3 Å². The molecular weight excluding hydrogens is 270 g/mol. The molecule has 0 bridgehead atoms. The molecule has 1 unspecified atom stereocenters. The van der Waals surface area contributed by atoms with E-state index >= 15 is 0 Å². The summed E-state index contributed by atoms with van der Waals surface area (Å²) in [4.78, 5) is 17.4. The summed E-state index contributed by atoms with van der Waals surface area (Å²) in [6, 6.07) is 0.0743. The number of halogens is 1. The smallest absolute Gasteiger partial charge is 0.226 e. The molecule has 1 aliphatic rings. The number of aromatic nitrogens is 1. The number of anilines is 1. The first-order valence-electron chi connectivity index (χ1n) is 6.19. The molecule has 2 rings (SSSR count). The third kappa shape index (κ3) is 4.23. The highest BCUT2D eigenvalue weighted by atomic mass is 35.5. The summed E-state index contributed by atoms with van der Waals surface area (Å²) in [5, 5.41) is 3.62. The molecule has 1 aromatic rings. The van der Waals surface area contributed by atoms with Crippen LogP contribution in [0.4, 0.5) is 5.13 Å². The van der Waals surface area contributed by atoms with E-state index in [1.54, 1.807) is 11.3 Å². The lowest BCUT2D eigenvalue weighted by atomic mass is 10.0. The average Bonchev–Trinajstić information content (AvgIpc) is 2.68. The highest BCUT2D eigenvalue weighted by Crippen LogP contribution is 2.29. The zero-order chi connectivity index (χ0) is 12.3. The predicted molar refractivity (Wildman–Crippen MR) is 77.5 cm³/mol. The summed E-state index contributed by atoms with van der Waals surface area (Å²) in [5.74, 6) is 0.0217. The number of fused-ring (bicyclic) bond motifs is 1. The minimum atomic E-state index is 0. The summed E-state index contributed by atoms with van der Waals surface area (Å²) >= 11 is 1.62. The zero-order valence-electron chi connectivity index (χ0n) is 10.6. The third-order valence-corrected chi connectivity index (χ3v) is 3.99. The minimum Gasteiger partial charge on any atom is -0.328 e. The van der Waals surface area contributed by atoms with Gasteiger partial charge < -0.3 is 11.1 Å². The Kier molecular flexibility index (Phi) is 6.05. The molecule has 0 aromatic carbocycles. The van der Waals surface area contributed by atoms with Crippen molar-refractivity contribution in [1.82, 2.24) is 4.98 Å². The number of aryl methyl sites for hydroxylation is 2. The van der Waals surface area contributed by atoms with Crippen LogP contribution in [0.5, 0.6) is 0 Å². The Morgan fingerprint density at radius 3 is 2.89 bits per heavy atom. The first-order chi connectivity index (χ1) is 8.15. The quantitative estimate of drug-likeness (QED) is 0.895. The fraction of sp³-hybridized carbons (Fsp3) is 0.667. The third-order valence-electron chi connectivity index (χ3n) is 2.92. The highest BCUT2D eigenvalue weighted by molar-refractivity contribution is 7.15. The number of hydrogen-bond donors (Lipinski definition) is 2. The van der Waals surface area contributed by atoms with Crippen LogP contribution in [0.25, 0.3) is 0 Å². The topological polar surface area (TPSA) is 68.0 Å². The van der Waals surface area contributed by atoms with Crippen molar-refractivity contribution in [2.45, 2.75) is 51.5 Å². The molecule has 4 nitrogen and oxygen atoms in total. The van der Waals surface area contributed by atoms with Gasteiger partial charge in [-0.25, -0.2) is 4.98 Å². The molecule has 1 aromatic heterocycles. The van der Waals surface area contributed by atoms with Gasteiger partial charge in [0.1, 0.15) is 0 Å². The van der Waals surface area contributed by atoms with Gasteiger partial charge in [-0.2, -0.15) is 0 Å². The standard InChI is InChI=1S/C12H19N3OS.ClH/c1-8(13)6-7-11(16)15-12-14-9-4-2-3-5-10(9)17-12;/h8H,2-7,13H2,1H3,(H,14,15,16);1H. The number of carbonyl (C=O) groups excluding carboxylic acids is 1. The molecule has 0 saturated carbocycles. The van der Waals surface area contributed by atoms with Gasteiger partial charge in [-0.1, -0.05) is 0 Å². The fourth-order valence-electron chi connectivity index (χ4n) is 1.95.